The van der Waals surface area contributed by atoms with Crippen molar-refractivity contribution >= 4 is 35.1 Å². The van der Waals surface area contributed by atoms with E-state index in [2.05, 4.69) is 15.5 Å². The number of benzene rings is 2. The van der Waals surface area contributed by atoms with Crippen LogP contribution in [0.25, 0.3) is 11.5 Å². The number of rotatable bonds is 4. The van der Waals surface area contributed by atoms with Gasteiger partial charge < -0.3 is 9.15 Å². The average Bonchev–Trinajstić information content (AvgIpc) is 3.02. The summed E-state index contributed by atoms with van der Waals surface area (Å²) in [6.45, 7) is 0. The van der Waals surface area contributed by atoms with Gasteiger partial charge in [0.2, 0.25) is 0 Å². The van der Waals surface area contributed by atoms with Crippen LogP contribution in [-0.4, -0.2) is 23.2 Å². The van der Waals surface area contributed by atoms with Crippen LogP contribution in [0.2, 0.25) is 10.0 Å². The van der Waals surface area contributed by atoms with Crippen molar-refractivity contribution in [1.29, 1.82) is 0 Å². The first-order valence-electron chi connectivity index (χ1n) is 6.82. The molecule has 1 N–H and O–H groups in total. The maximum atomic E-state index is 12.3. The molecule has 0 unspecified atom stereocenters. The fourth-order valence-corrected chi connectivity index (χ4v) is 2.53. The minimum absolute atomic E-state index is 0.0491. The van der Waals surface area contributed by atoms with Gasteiger partial charge in [0.15, 0.2) is 0 Å². The fourth-order valence-electron chi connectivity index (χ4n) is 2.04. The Morgan fingerprint density at radius 3 is 2.71 bits per heavy atom. The van der Waals surface area contributed by atoms with Crippen molar-refractivity contribution in [2.45, 2.75) is 0 Å². The highest BCUT2D eigenvalue weighted by molar-refractivity contribution is 6.36. The molecule has 24 heavy (non-hydrogen) atoms. The number of nitrogens with one attached hydrogen (secondary N) is 1. The molecule has 6 nitrogen and oxygen atoms in total. The number of carbonyl (C=O) groups is 1. The maximum Gasteiger partial charge on any atom is 0.322 e. The monoisotopic (exact) mass is 363 g/mol. The Balaban J connectivity index is 1.82. The molecule has 0 saturated carbocycles. The number of aromatic nitrogens is 2. The van der Waals surface area contributed by atoms with Crippen molar-refractivity contribution in [1.82, 2.24) is 10.2 Å². The van der Waals surface area contributed by atoms with E-state index in [9.17, 15) is 4.79 Å². The molecular weight excluding hydrogens is 353 g/mol. The number of halogens is 2. The number of hydrogen-bond donors (Lipinski definition) is 1. The summed E-state index contributed by atoms with van der Waals surface area (Å²) in [6.07, 6.45) is 0. The quantitative estimate of drug-likeness (QED) is 0.747. The van der Waals surface area contributed by atoms with Crippen LogP contribution < -0.4 is 10.1 Å². The van der Waals surface area contributed by atoms with Gasteiger partial charge in [-0.1, -0.05) is 40.4 Å². The molecule has 0 radical (unpaired) electrons. The second kappa shape index (κ2) is 6.90. The van der Waals surface area contributed by atoms with Crippen molar-refractivity contribution < 1.29 is 13.9 Å². The third-order valence-electron chi connectivity index (χ3n) is 3.16. The van der Waals surface area contributed by atoms with E-state index in [-0.39, 0.29) is 11.9 Å². The van der Waals surface area contributed by atoms with E-state index in [1.54, 1.807) is 42.5 Å². The second-order valence-electron chi connectivity index (χ2n) is 4.69. The van der Waals surface area contributed by atoms with E-state index in [4.69, 9.17) is 32.4 Å². The number of ether oxygens (including phenoxy) is 1. The molecule has 0 fully saturated rings. The van der Waals surface area contributed by atoms with E-state index in [0.29, 0.717) is 26.9 Å². The molecule has 3 rings (SSSR count). The van der Waals surface area contributed by atoms with Gasteiger partial charge >= 0.3 is 6.01 Å². The Kier molecular flexibility index (Phi) is 4.69. The Bertz CT molecular complexity index is 896. The molecule has 0 atom stereocenters. The summed E-state index contributed by atoms with van der Waals surface area (Å²) in [5.41, 5.74) is 0.871. The highest BCUT2D eigenvalue weighted by Crippen LogP contribution is 2.30. The zero-order valence-corrected chi connectivity index (χ0v) is 13.9. The number of methoxy groups -OCH3 is 1. The number of para-hydroxylation sites is 1. The van der Waals surface area contributed by atoms with E-state index < -0.39 is 5.91 Å². The highest BCUT2D eigenvalue weighted by atomic mass is 35.5. The minimum Gasteiger partial charge on any atom is -0.496 e. The summed E-state index contributed by atoms with van der Waals surface area (Å²) in [4.78, 5) is 12.3. The Hall–Kier alpha value is -2.57. The van der Waals surface area contributed by atoms with Gasteiger partial charge in [0, 0.05) is 5.02 Å². The molecule has 122 valence electrons. The van der Waals surface area contributed by atoms with Crippen molar-refractivity contribution in [3.63, 3.8) is 0 Å². The molecule has 0 aliphatic carbocycles. The van der Waals surface area contributed by atoms with E-state index >= 15 is 0 Å². The van der Waals surface area contributed by atoms with E-state index in [1.165, 1.54) is 7.11 Å². The largest absolute Gasteiger partial charge is 0.496 e. The van der Waals surface area contributed by atoms with Gasteiger partial charge in [-0.2, -0.15) is 0 Å². The van der Waals surface area contributed by atoms with Gasteiger partial charge in [-0.3, -0.25) is 10.1 Å². The lowest BCUT2D eigenvalue weighted by Gasteiger charge is -2.06. The van der Waals surface area contributed by atoms with Crippen LogP contribution in [0.5, 0.6) is 5.75 Å². The molecule has 3 aromatic rings. The predicted molar refractivity (Wildman–Crippen MR) is 90.7 cm³/mol. The Labute approximate surface area is 147 Å². The van der Waals surface area contributed by atoms with Gasteiger partial charge in [-0.15, -0.1) is 5.10 Å². The van der Waals surface area contributed by atoms with Crippen LogP contribution in [0.15, 0.2) is 46.9 Å². The zero-order valence-electron chi connectivity index (χ0n) is 12.4. The van der Waals surface area contributed by atoms with E-state index in [1.807, 2.05) is 0 Å². The Morgan fingerprint density at radius 2 is 1.96 bits per heavy atom. The lowest BCUT2D eigenvalue weighted by molar-refractivity contribution is 0.102. The molecule has 1 heterocycles. The zero-order chi connectivity index (χ0) is 17.1. The van der Waals surface area contributed by atoms with Crippen molar-refractivity contribution in [3.05, 3.63) is 58.1 Å². The summed E-state index contributed by atoms with van der Waals surface area (Å²) >= 11 is 12.0. The van der Waals surface area contributed by atoms with Gasteiger partial charge in [-0.25, -0.2) is 0 Å². The highest BCUT2D eigenvalue weighted by Gasteiger charge is 2.17. The summed E-state index contributed by atoms with van der Waals surface area (Å²) in [7, 11) is 1.49. The molecule has 0 bridgehead atoms. The molecule has 0 aliphatic heterocycles. The lowest BCUT2D eigenvalue weighted by Crippen LogP contribution is -2.13. The van der Waals surface area contributed by atoms with Crippen LogP contribution in [-0.2, 0) is 0 Å². The molecule has 0 spiro atoms. The molecule has 2 aromatic carbocycles. The van der Waals surface area contributed by atoms with Gasteiger partial charge in [0.1, 0.15) is 5.75 Å². The minimum atomic E-state index is -0.426. The summed E-state index contributed by atoms with van der Waals surface area (Å²) in [5, 5.41) is 11.1. The Morgan fingerprint density at radius 1 is 1.17 bits per heavy atom. The third kappa shape index (κ3) is 3.34. The van der Waals surface area contributed by atoms with Crippen LogP contribution in [0, 0.1) is 0 Å². The number of hydrogen-bond acceptors (Lipinski definition) is 5. The van der Waals surface area contributed by atoms with Crippen LogP contribution in [0.1, 0.15) is 10.4 Å². The molecular formula is C16H11Cl2N3O3. The molecule has 1 amide bonds. The summed E-state index contributed by atoms with van der Waals surface area (Å²) < 4.78 is 10.6. The molecule has 1 aromatic heterocycles. The smallest absolute Gasteiger partial charge is 0.322 e. The normalized spacial score (nSPS) is 10.5. The summed E-state index contributed by atoms with van der Waals surface area (Å²) in [5.74, 6) is 0.187. The number of amides is 1. The van der Waals surface area contributed by atoms with Crippen LogP contribution in [0.3, 0.4) is 0 Å². The number of anilines is 1. The first-order valence-corrected chi connectivity index (χ1v) is 7.57. The number of carbonyl (C=O) groups excluding carboxylic acids is 1. The molecule has 0 saturated heterocycles. The summed E-state index contributed by atoms with van der Waals surface area (Å²) in [6, 6.07) is 11.6. The topological polar surface area (TPSA) is 77.2 Å². The fraction of sp³-hybridized carbons (Fsp3) is 0.0625. The van der Waals surface area contributed by atoms with E-state index in [0.717, 1.165) is 0 Å². The van der Waals surface area contributed by atoms with Gasteiger partial charge in [-0.05, 0) is 30.3 Å². The third-order valence-corrected chi connectivity index (χ3v) is 3.71. The number of nitrogens with zero attached hydrogens (tertiary/aromatic N) is 2. The first-order chi connectivity index (χ1) is 11.6. The molecule has 8 heteroatoms. The standard InChI is InChI=1S/C16H11Cl2N3O3/c1-23-13-5-3-2-4-11(13)14(22)19-16-21-20-15(24-16)10-7-6-9(17)8-12(10)18/h2-8H,1H3,(H,19,21,22). The van der Waals surface area contributed by atoms with Crippen molar-refractivity contribution in [3.8, 4) is 17.2 Å². The first kappa shape index (κ1) is 16.3. The van der Waals surface area contributed by atoms with Gasteiger partial charge in [0.05, 0.1) is 23.3 Å². The van der Waals surface area contributed by atoms with Crippen LogP contribution >= 0.6 is 23.2 Å². The van der Waals surface area contributed by atoms with Crippen molar-refractivity contribution in [2.24, 2.45) is 0 Å². The maximum absolute atomic E-state index is 12.3. The predicted octanol–water partition coefficient (Wildman–Crippen LogP) is 4.30. The average molecular weight is 364 g/mol. The molecule has 0 aliphatic rings. The van der Waals surface area contributed by atoms with Gasteiger partial charge in [0.25, 0.3) is 11.8 Å². The van der Waals surface area contributed by atoms with Crippen LogP contribution in [0.4, 0.5) is 6.01 Å². The van der Waals surface area contributed by atoms with Crippen molar-refractivity contribution in [2.75, 3.05) is 12.4 Å². The SMILES string of the molecule is COc1ccccc1C(=O)Nc1nnc(-c2ccc(Cl)cc2Cl)o1. The second-order valence-corrected chi connectivity index (χ2v) is 5.53. The lowest BCUT2D eigenvalue weighted by atomic mass is 10.2.